The molecule has 1 unspecified atom stereocenters. The van der Waals surface area contributed by atoms with Crippen molar-refractivity contribution in [3.63, 3.8) is 0 Å². The minimum Gasteiger partial charge on any atom is -0.336 e. The highest BCUT2D eigenvalue weighted by molar-refractivity contribution is 5.81. The van der Waals surface area contributed by atoms with E-state index in [0.717, 1.165) is 18.7 Å². The van der Waals surface area contributed by atoms with Crippen LogP contribution in [-0.2, 0) is 11.3 Å². The molecule has 0 aromatic carbocycles. The van der Waals surface area contributed by atoms with Gasteiger partial charge < -0.3 is 10.2 Å². The van der Waals surface area contributed by atoms with Crippen molar-refractivity contribution in [1.82, 2.24) is 15.2 Å². The highest BCUT2D eigenvalue weighted by atomic mass is 16.2. The summed E-state index contributed by atoms with van der Waals surface area (Å²) in [6.45, 7) is 8.62. The first-order valence-corrected chi connectivity index (χ1v) is 6.39. The van der Waals surface area contributed by atoms with Crippen LogP contribution in [0.1, 0.15) is 26.3 Å². The van der Waals surface area contributed by atoms with Gasteiger partial charge in [0.1, 0.15) is 0 Å². The van der Waals surface area contributed by atoms with E-state index >= 15 is 0 Å². The molecular weight excluding hydrogens is 226 g/mol. The smallest absolute Gasteiger partial charge is 0.239 e. The molecule has 1 aliphatic heterocycles. The number of nitrogens with one attached hydrogen (secondary N) is 1. The fraction of sp³-hybridized carbons (Fsp3) is 0.571. The number of hydrogen-bond donors (Lipinski definition) is 1. The van der Waals surface area contributed by atoms with E-state index in [1.807, 2.05) is 24.0 Å². The third kappa shape index (κ3) is 3.07. The van der Waals surface area contributed by atoms with Crippen molar-refractivity contribution in [2.45, 2.75) is 33.4 Å². The number of carbonyl (C=O) groups excluding carboxylic acids is 1. The zero-order valence-electron chi connectivity index (χ0n) is 11.3. The predicted molar refractivity (Wildman–Crippen MR) is 70.9 cm³/mol. The zero-order valence-corrected chi connectivity index (χ0v) is 11.3. The summed E-state index contributed by atoms with van der Waals surface area (Å²) in [5, 5.41) is 3.30. The number of nitrogens with zero attached hydrogens (tertiary/aromatic N) is 2. The Morgan fingerprint density at radius 1 is 1.44 bits per heavy atom. The third-order valence-electron chi connectivity index (χ3n) is 3.31. The van der Waals surface area contributed by atoms with Gasteiger partial charge in [0.2, 0.25) is 5.91 Å². The lowest BCUT2D eigenvalue weighted by atomic mass is 9.93. The molecule has 4 heteroatoms. The third-order valence-corrected chi connectivity index (χ3v) is 3.31. The largest absolute Gasteiger partial charge is 0.336 e. The van der Waals surface area contributed by atoms with Gasteiger partial charge in [-0.15, -0.1) is 0 Å². The van der Waals surface area contributed by atoms with Gasteiger partial charge in [-0.2, -0.15) is 0 Å². The van der Waals surface area contributed by atoms with Crippen LogP contribution in [0.2, 0.25) is 0 Å². The number of hydrogen-bond acceptors (Lipinski definition) is 3. The summed E-state index contributed by atoms with van der Waals surface area (Å²) in [6, 6.07) is 3.82. The Kier molecular flexibility index (Phi) is 3.66. The lowest BCUT2D eigenvalue weighted by Gasteiger charge is -2.29. The first-order chi connectivity index (χ1) is 8.48. The van der Waals surface area contributed by atoms with Crippen LogP contribution in [0.5, 0.6) is 0 Å². The Morgan fingerprint density at radius 3 is 2.78 bits per heavy atom. The summed E-state index contributed by atoms with van der Waals surface area (Å²) < 4.78 is 0. The van der Waals surface area contributed by atoms with Gasteiger partial charge in [-0.3, -0.25) is 9.78 Å². The first kappa shape index (κ1) is 13.0. The van der Waals surface area contributed by atoms with E-state index in [9.17, 15) is 4.79 Å². The van der Waals surface area contributed by atoms with Crippen LogP contribution in [0.25, 0.3) is 0 Å². The van der Waals surface area contributed by atoms with Crippen LogP contribution in [0.15, 0.2) is 24.5 Å². The van der Waals surface area contributed by atoms with Crippen molar-refractivity contribution in [2.75, 3.05) is 13.1 Å². The summed E-state index contributed by atoms with van der Waals surface area (Å²) in [6.07, 6.45) is 3.54. The molecule has 98 valence electrons. The molecule has 4 nitrogen and oxygen atoms in total. The minimum atomic E-state index is -0.103. The SMILES string of the molecule is CC1NCC(C)(C)CN(Cc2ccncc2)C1=O. The maximum absolute atomic E-state index is 12.3. The molecule has 0 saturated carbocycles. The van der Waals surface area contributed by atoms with Crippen molar-refractivity contribution in [3.05, 3.63) is 30.1 Å². The van der Waals surface area contributed by atoms with Gasteiger partial charge in [-0.1, -0.05) is 13.8 Å². The molecule has 1 aromatic heterocycles. The molecule has 2 heterocycles. The Balaban J connectivity index is 2.15. The molecule has 0 aliphatic carbocycles. The van der Waals surface area contributed by atoms with Gasteiger partial charge in [0.25, 0.3) is 0 Å². The number of rotatable bonds is 2. The number of aromatic nitrogens is 1. The monoisotopic (exact) mass is 247 g/mol. The first-order valence-electron chi connectivity index (χ1n) is 6.39. The second-order valence-corrected chi connectivity index (χ2v) is 5.82. The van der Waals surface area contributed by atoms with Crippen LogP contribution < -0.4 is 5.32 Å². The zero-order chi connectivity index (χ0) is 13.2. The van der Waals surface area contributed by atoms with Crippen LogP contribution in [0.4, 0.5) is 0 Å². The molecular formula is C14H21N3O. The minimum absolute atomic E-state index is 0.103. The van der Waals surface area contributed by atoms with E-state index in [0.29, 0.717) is 6.54 Å². The Hall–Kier alpha value is -1.42. The average molecular weight is 247 g/mol. The highest BCUT2D eigenvalue weighted by Gasteiger charge is 2.32. The fourth-order valence-corrected chi connectivity index (χ4v) is 2.28. The number of pyridine rings is 1. The van der Waals surface area contributed by atoms with Crippen molar-refractivity contribution < 1.29 is 4.79 Å². The second-order valence-electron chi connectivity index (χ2n) is 5.82. The summed E-state index contributed by atoms with van der Waals surface area (Å²) in [4.78, 5) is 18.2. The lowest BCUT2D eigenvalue weighted by Crippen LogP contribution is -2.41. The molecule has 1 aromatic rings. The molecule has 1 fully saturated rings. The van der Waals surface area contributed by atoms with E-state index in [4.69, 9.17) is 0 Å². The van der Waals surface area contributed by atoms with E-state index < -0.39 is 0 Å². The average Bonchev–Trinajstić information content (AvgIpc) is 2.43. The second kappa shape index (κ2) is 5.06. The molecule has 2 rings (SSSR count). The van der Waals surface area contributed by atoms with E-state index in [2.05, 4.69) is 24.1 Å². The maximum atomic E-state index is 12.3. The van der Waals surface area contributed by atoms with Crippen molar-refractivity contribution >= 4 is 5.91 Å². The molecule has 1 N–H and O–H groups in total. The molecule has 18 heavy (non-hydrogen) atoms. The Labute approximate surface area is 108 Å². The molecule has 1 atom stereocenters. The number of amides is 1. The van der Waals surface area contributed by atoms with Gasteiger partial charge in [-0.25, -0.2) is 0 Å². The van der Waals surface area contributed by atoms with E-state index in [1.54, 1.807) is 12.4 Å². The van der Waals surface area contributed by atoms with Crippen LogP contribution in [0, 0.1) is 5.41 Å². The van der Waals surface area contributed by atoms with Crippen LogP contribution in [-0.4, -0.2) is 34.9 Å². The summed E-state index contributed by atoms with van der Waals surface area (Å²) in [5.74, 6) is 0.178. The summed E-state index contributed by atoms with van der Waals surface area (Å²) in [5.41, 5.74) is 1.23. The normalized spacial score (nSPS) is 23.8. The van der Waals surface area contributed by atoms with Gasteiger partial charge in [0.05, 0.1) is 6.04 Å². The molecule has 1 saturated heterocycles. The molecule has 0 radical (unpaired) electrons. The van der Waals surface area contributed by atoms with Gasteiger partial charge in [0.15, 0.2) is 0 Å². The summed E-state index contributed by atoms with van der Waals surface area (Å²) in [7, 11) is 0. The molecule has 1 aliphatic rings. The Bertz CT molecular complexity index is 416. The highest BCUT2D eigenvalue weighted by Crippen LogP contribution is 2.21. The van der Waals surface area contributed by atoms with E-state index in [-0.39, 0.29) is 17.4 Å². The summed E-state index contributed by atoms with van der Waals surface area (Å²) >= 11 is 0. The molecule has 0 spiro atoms. The predicted octanol–water partition coefficient (Wildman–Crippen LogP) is 1.43. The van der Waals surface area contributed by atoms with Gasteiger partial charge >= 0.3 is 0 Å². The number of carbonyl (C=O) groups is 1. The molecule has 1 amide bonds. The van der Waals surface area contributed by atoms with Crippen LogP contribution in [0.3, 0.4) is 0 Å². The maximum Gasteiger partial charge on any atom is 0.239 e. The van der Waals surface area contributed by atoms with Crippen molar-refractivity contribution in [2.24, 2.45) is 5.41 Å². The Morgan fingerprint density at radius 2 is 2.11 bits per heavy atom. The lowest BCUT2D eigenvalue weighted by molar-refractivity contribution is -0.133. The van der Waals surface area contributed by atoms with Crippen molar-refractivity contribution in [1.29, 1.82) is 0 Å². The topological polar surface area (TPSA) is 45.2 Å². The molecule has 0 bridgehead atoms. The van der Waals surface area contributed by atoms with Gasteiger partial charge in [-0.05, 0) is 30.0 Å². The van der Waals surface area contributed by atoms with Crippen LogP contribution >= 0.6 is 0 Å². The van der Waals surface area contributed by atoms with E-state index in [1.165, 1.54) is 0 Å². The van der Waals surface area contributed by atoms with Crippen molar-refractivity contribution in [3.8, 4) is 0 Å². The fourth-order valence-electron chi connectivity index (χ4n) is 2.28. The van der Waals surface area contributed by atoms with Gasteiger partial charge in [0, 0.05) is 32.0 Å². The standard InChI is InChI=1S/C14H21N3O/c1-11-13(18)17(10-14(2,3)9-16-11)8-12-4-6-15-7-5-12/h4-7,11,16H,8-10H2,1-3H3. The quantitative estimate of drug-likeness (QED) is 0.860.